The summed E-state index contributed by atoms with van der Waals surface area (Å²) in [6.45, 7) is 2.27. The summed E-state index contributed by atoms with van der Waals surface area (Å²) in [5, 5.41) is 12.8. The van der Waals surface area contributed by atoms with E-state index in [9.17, 15) is 19.1 Å². The number of hydrogen-bond acceptors (Lipinski definition) is 9. The Hall–Kier alpha value is -2.02. The van der Waals surface area contributed by atoms with Gasteiger partial charge in [-0.1, -0.05) is 11.5 Å². The Bertz CT molecular complexity index is 1150. The van der Waals surface area contributed by atoms with Crippen LogP contribution >= 0.6 is 0 Å². The average molecular weight is 636 g/mol. The van der Waals surface area contributed by atoms with E-state index < -0.39 is 21.9 Å². The number of nitrogens with zero attached hydrogens (tertiary/aromatic N) is 5. The molecule has 0 aromatic carbocycles. The molecular weight excluding hydrogens is 586 g/mol. The van der Waals surface area contributed by atoms with Crippen LogP contribution < -0.4 is 0 Å². The highest BCUT2D eigenvalue weighted by Crippen LogP contribution is 2.45. The maximum absolute atomic E-state index is 14.7. The van der Waals surface area contributed by atoms with Crippen molar-refractivity contribution in [1.29, 1.82) is 0 Å². The van der Waals surface area contributed by atoms with Crippen molar-refractivity contribution in [3.05, 3.63) is 21.7 Å². The van der Waals surface area contributed by atoms with E-state index in [1.807, 2.05) is 0 Å². The Morgan fingerprint density at radius 1 is 1.11 bits per heavy atom. The van der Waals surface area contributed by atoms with E-state index in [1.165, 1.54) is 0 Å². The largest absolute Gasteiger partial charge is 0.615 e. The maximum atomic E-state index is 14.7. The summed E-state index contributed by atoms with van der Waals surface area (Å²) < 4.78 is 45.7. The number of aliphatic hydroxyl groups excluding tert-OH is 1. The first kappa shape index (κ1) is 33.3. The number of amides is 1. The van der Waals surface area contributed by atoms with Crippen molar-refractivity contribution in [2.75, 3.05) is 45.3 Å². The predicted octanol–water partition coefficient (Wildman–Crippen LogP) is 4.83. The Balaban J connectivity index is 1.49. The zero-order valence-corrected chi connectivity index (χ0v) is 26.7. The van der Waals surface area contributed by atoms with Crippen LogP contribution in [-0.4, -0.2) is 94.6 Å². The summed E-state index contributed by atoms with van der Waals surface area (Å²) in [4.78, 5) is 24.7. The molecule has 3 fully saturated rings. The number of aliphatic hydroxyl groups is 1. The lowest BCUT2D eigenvalue weighted by atomic mass is 9.79. The van der Waals surface area contributed by atoms with Gasteiger partial charge < -0.3 is 28.8 Å². The first-order valence-electron chi connectivity index (χ1n) is 16.7. The molecule has 0 spiro atoms. The third kappa shape index (κ3) is 7.67. The Kier molecular flexibility index (Phi) is 11.8. The maximum Gasteiger partial charge on any atom is 0.255 e. The van der Waals surface area contributed by atoms with E-state index in [-0.39, 0.29) is 42.0 Å². The minimum absolute atomic E-state index is 0.0170. The molecule has 1 N–H and O–H groups in total. The van der Waals surface area contributed by atoms with Gasteiger partial charge in [0.2, 0.25) is 0 Å². The highest BCUT2D eigenvalue weighted by atomic mass is 32.3. The molecule has 12 nitrogen and oxygen atoms in total. The van der Waals surface area contributed by atoms with Crippen molar-refractivity contribution in [1.82, 2.24) is 4.90 Å². The van der Waals surface area contributed by atoms with Gasteiger partial charge in [0.25, 0.3) is 5.91 Å². The van der Waals surface area contributed by atoms with E-state index in [1.54, 1.807) is 4.90 Å². The smallest absolute Gasteiger partial charge is 0.255 e. The Morgan fingerprint density at radius 2 is 1.84 bits per heavy atom. The van der Waals surface area contributed by atoms with Crippen molar-refractivity contribution in [3.8, 4) is 0 Å². The molecule has 1 saturated heterocycles. The summed E-state index contributed by atoms with van der Waals surface area (Å²) in [5.74, 6) is 0.134. The number of aliphatic imine (C=N–C) groups is 1. The molecule has 13 heteroatoms. The van der Waals surface area contributed by atoms with Crippen molar-refractivity contribution < 1.29 is 32.9 Å². The summed E-state index contributed by atoms with van der Waals surface area (Å²) in [5.41, 5.74) is 9.32. The number of morpholine rings is 1. The SMILES string of the molecule is [N-]=[N+]=NC1=C([C@H]2OC(C3CCC(OCCCO)CC3)=N[C@@]2(CC[S+](=O)([O-])C2CCCCC2)C(=O)N2CCOCC2)CCCC1. The van der Waals surface area contributed by atoms with Crippen molar-refractivity contribution in [2.45, 2.75) is 119 Å². The van der Waals surface area contributed by atoms with E-state index in [0.717, 1.165) is 63.4 Å². The molecule has 1 unspecified atom stereocenters. The topological polar surface area (TPSA) is 169 Å². The van der Waals surface area contributed by atoms with Crippen LogP contribution in [0.25, 0.3) is 10.4 Å². The van der Waals surface area contributed by atoms with Crippen molar-refractivity contribution in [3.63, 3.8) is 0 Å². The van der Waals surface area contributed by atoms with Crippen LogP contribution in [0, 0.1) is 5.92 Å². The predicted molar refractivity (Wildman–Crippen MR) is 166 cm³/mol. The molecule has 0 aromatic heterocycles. The fourth-order valence-corrected chi connectivity index (χ4v) is 9.56. The molecule has 3 atom stereocenters. The fraction of sp³-hybridized carbons (Fsp3) is 0.871. The van der Waals surface area contributed by atoms with Gasteiger partial charge in [-0.15, -0.1) is 4.21 Å². The molecule has 2 saturated carbocycles. The number of rotatable bonds is 12. The Morgan fingerprint density at radius 3 is 2.55 bits per heavy atom. The lowest BCUT2D eigenvalue weighted by Crippen LogP contribution is -2.57. The van der Waals surface area contributed by atoms with Crippen LogP contribution in [0.15, 0.2) is 21.4 Å². The van der Waals surface area contributed by atoms with Gasteiger partial charge in [-0.25, -0.2) is 4.99 Å². The first-order chi connectivity index (χ1) is 21.4. The molecule has 0 aromatic rings. The fourth-order valence-electron chi connectivity index (χ4n) is 7.58. The molecule has 3 aliphatic carbocycles. The highest BCUT2D eigenvalue weighted by Gasteiger charge is 2.57. The van der Waals surface area contributed by atoms with Crippen molar-refractivity contribution in [2.24, 2.45) is 16.0 Å². The van der Waals surface area contributed by atoms with E-state index in [2.05, 4.69) is 10.0 Å². The number of ether oxygens (including phenoxy) is 3. The molecule has 5 rings (SSSR count). The van der Waals surface area contributed by atoms with Gasteiger partial charge >= 0.3 is 0 Å². The summed E-state index contributed by atoms with van der Waals surface area (Å²) >= 11 is 0. The summed E-state index contributed by atoms with van der Waals surface area (Å²) in [6, 6.07) is 0. The number of sulfone groups is 1. The third-order valence-electron chi connectivity index (χ3n) is 10.1. The van der Waals surface area contributed by atoms with Crippen molar-refractivity contribution >= 4 is 22.0 Å². The van der Waals surface area contributed by atoms with Crippen LogP contribution in [0.1, 0.15) is 96.3 Å². The third-order valence-corrected chi connectivity index (χ3v) is 12.4. The number of azide groups is 1. The number of hydrogen-bond donors (Lipinski definition) is 1. The second kappa shape index (κ2) is 15.5. The van der Waals surface area contributed by atoms with Gasteiger partial charge in [0, 0.05) is 59.5 Å². The lowest BCUT2D eigenvalue weighted by Gasteiger charge is -2.39. The van der Waals surface area contributed by atoms with Gasteiger partial charge in [-0.05, 0) is 94.6 Å². The monoisotopic (exact) mass is 635 g/mol. The molecule has 2 aliphatic heterocycles. The van der Waals surface area contributed by atoms with Crippen LogP contribution in [0.4, 0.5) is 0 Å². The molecule has 0 bridgehead atoms. The van der Waals surface area contributed by atoms with E-state index in [4.69, 9.17) is 24.3 Å². The van der Waals surface area contributed by atoms with Gasteiger partial charge in [0.05, 0.1) is 19.3 Å². The lowest BCUT2D eigenvalue weighted by molar-refractivity contribution is -0.143. The molecule has 0 radical (unpaired) electrons. The van der Waals surface area contributed by atoms with Gasteiger partial charge in [-0.3, -0.25) is 4.79 Å². The van der Waals surface area contributed by atoms with E-state index >= 15 is 0 Å². The zero-order chi connectivity index (χ0) is 31.0. The molecule has 2 heterocycles. The minimum Gasteiger partial charge on any atom is -0.615 e. The summed E-state index contributed by atoms with van der Waals surface area (Å²) in [6.07, 6.45) is 10.3. The van der Waals surface area contributed by atoms with Crippen LogP contribution in [0.3, 0.4) is 0 Å². The molecular formula is C31H49N5O7S. The van der Waals surface area contributed by atoms with Crippen LogP contribution in [0.5, 0.6) is 0 Å². The second-order valence-corrected chi connectivity index (χ2v) is 15.3. The number of carbonyl (C=O) groups excluding carboxylic acids is 1. The first-order valence-corrected chi connectivity index (χ1v) is 18.4. The van der Waals surface area contributed by atoms with Crippen LogP contribution in [-0.2, 0) is 33.4 Å². The van der Waals surface area contributed by atoms with Gasteiger partial charge in [-0.2, -0.15) is 0 Å². The Labute approximate surface area is 261 Å². The van der Waals surface area contributed by atoms with E-state index in [0.29, 0.717) is 76.6 Å². The highest BCUT2D eigenvalue weighted by molar-refractivity contribution is 7.98. The zero-order valence-electron chi connectivity index (χ0n) is 25.9. The molecule has 1 amide bonds. The second-order valence-electron chi connectivity index (χ2n) is 12.9. The minimum atomic E-state index is -3.46. The molecule has 246 valence electrons. The van der Waals surface area contributed by atoms with Gasteiger partial charge in [0.15, 0.2) is 17.5 Å². The number of carbonyl (C=O) groups is 1. The average Bonchev–Trinajstić information content (AvgIpc) is 3.46. The molecule has 44 heavy (non-hydrogen) atoms. The standard InChI is InChI=1S/C31H49N5O7S/c32-35-34-27-10-5-4-9-26(27)28-31(30(38)36-16-20-41-21-17-36,15-22-44(39,40)25-7-2-1-3-8-25)33-29(43-28)23-11-13-24(14-12-23)42-19-6-18-37/h23-25,28,37H,1-22H2/t23?,24?,28-,31-/m1/s1. The van der Waals surface area contributed by atoms with Crippen LogP contribution in [0.2, 0.25) is 0 Å². The molecule has 5 aliphatic rings. The number of allylic oxidation sites excluding steroid dienone is 1. The van der Waals surface area contributed by atoms with Gasteiger partial charge in [0.1, 0.15) is 11.0 Å². The quantitative estimate of drug-likeness (QED) is 0.105. The summed E-state index contributed by atoms with van der Waals surface area (Å²) in [7, 11) is -3.46. The normalized spacial score (nSPS) is 31.5.